The fourth-order valence-corrected chi connectivity index (χ4v) is 2.18. The van der Waals surface area contributed by atoms with Crippen LogP contribution in [0.2, 0.25) is 0 Å². The van der Waals surface area contributed by atoms with E-state index in [1.54, 1.807) is 7.05 Å². The molecule has 0 heterocycles. The molecule has 5 heteroatoms. The van der Waals surface area contributed by atoms with Crippen LogP contribution in [0.3, 0.4) is 0 Å². The molecule has 0 aliphatic rings. The summed E-state index contributed by atoms with van der Waals surface area (Å²) in [7, 11) is 1.67. The van der Waals surface area contributed by atoms with Gasteiger partial charge in [0, 0.05) is 18.2 Å². The molecule has 112 valence electrons. The lowest BCUT2D eigenvalue weighted by molar-refractivity contribution is 0.508. The molecule has 2 rings (SSSR count). The van der Waals surface area contributed by atoms with Crippen LogP contribution in [0.4, 0.5) is 17.6 Å². The highest BCUT2D eigenvalue weighted by atomic mass is 19.1. The predicted molar refractivity (Wildman–Crippen MR) is 73.0 cm³/mol. The maximum atomic E-state index is 13.6. The second-order valence-corrected chi connectivity index (χ2v) is 4.87. The quantitative estimate of drug-likeness (QED) is 0.831. The second-order valence-electron chi connectivity index (χ2n) is 4.87. The highest BCUT2D eigenvalue weighted by molar-refractivity contribution is 5.23. The lowest BCUT2D eigenvalue weighted by Gasteiger charge is -2.17. The molecule has 0 fully saturated rings. The van der Waals surface area contributed by atoms with Crippen molar-refractivity contribution >= 4 is 0 Å². The molecule has 0 atom stereocenters. The lowest BCUT2D eigenvalue weighted by atomic mass is 9.98. The zero-order valence-corrected chi connectivity index (χ0v) is 11.5. The molecule has 21 heavy (non-hydrogen) atoms. The molecule has 0 amide bonds. The lowest BCUT2D eigenvalue weighted by Crippen LogP contribution is -2.30. The van der Waals surface area contributed by atoms with Crippen molar-refractivity contribution in [1.29, 1.82) is 0 Å². The molecule has 2 aromatic carbocycles. The van der Waals surface area contributed by atoms with Crippen LogP contribution in [0.25, 0.3) is 0 Å². The summed E-state index contributed by atoms with van der Waals surface area (Å²) in [5.74, 6) is -2.53. The van der Waals surface area contributed by atoms with Crippen molar-refractivity contribution < 1.29 is 17.6 Å². The Morgan fingerprint density at radius 2 is 1.24 bits per heavy atom. The first-order valence-electron chi connectivity index (χ1n) is 6.54. The Hall–Kier alpha value is -1.88. The zero-order chi connectivity index (χ0) is 15.4. The first kappa shape index (κ1) is 15.5. The third-order valence-corrected chi connectivity index (χ3v) is 3.37. The van der Waals surface area contributed by atoms with Gasteiger partial charge >= 0.3 is 0 Å². The monoisotopic (exact) mass is 297 g/mol. The first-order chi connectivity index (χ1) is 9.99. The van der Waals surface area contributed by atoms with Gasteiger partial charge in [-0.3, -0.25) is 0 Å². The van der Waals surface area contributed by atoms with E-state index in [0.717, 1.165) is 12.1 Å². The van der Waals surface area contributed by atoms with Gasteiger partial charge in [0.25, 0.3) is 0 Å². The summed E-state index contributed by atoms with van der Waals surface area (Å²) < 4.78 is 53.0. The van der Waals surface area contributed by atoms with Gasteiger partial charge in [0.15, 0.2) is 0 Å². The van der Waals surface area contributed by atoms with Crippen LogP contribution in [0.5, 0.6) is 0 Å². The van der Waals surface area contributed by atoms with Gasteiger partial charge in [0.1, 0.15) is 23.3 Å². The fourth-order valence-electron chi connectivity index (χ4n) is 2.18. The van der Waals surface area contributed by atoms with Gasteiger partial charge in [-0.15, -0.1) is 0 Å². The van der Waals surface area contributed by atoms with Gasteiger partial charge in [0.2, 0.25) is 0 Å². The molecular weight excluding hydrogens is 282 g/mol. The van der Waals surface area contributed by atoms with Crippen LogP contribution in [0.15, 0.2) is 36.4 Å². The molecule has 0 unspecified atom stereocenters. The topological polar surface area (TPSA) is 12.0 Å². The summed E-state index contributed by atoms with van der Waals surface area (Å²) in [5, 5.41) is 2.96. The number of nitrogens with one attached hydrogen (secondary N) is 1. The van der Waals surface area contributed by atoms with Crippen molar-refractivity contribution in [2.75, 3.05) is 7.05 Å². The summed E-state index contributed by atoms with van der Waals surface area (Å²) in [5.41, 5.74) is 0.691. The molecule has 2 aromatic rings. The molecule has 0 bridgehead atoms. The molecule has 1 N–H and O–H groups in total. The minimum atomic E-state index is -0.637. The highest BCUT2D eigenvalue weighted by Gasteiger charge is 2.14. The minimum Gasteiger partial charge on any atom is -0.316 e. The maximum Gasteiger partial charge on any atom is 0.129 e. The Balaban J connectivity index is 2.13. The van der Waals surface area contributed by atoms with E-state index in [1.165, 1.54) is 24.3 Å². The smallest absolute Gasteiger partial charge is 0.129 e. The van der Waals surface area contributed by atoms with Gasteiger partial charge in [-0.25, -0.2) is 17.6 Å². The highest BCUT2D eigenvalue weighted by Crippen LogP contribution is 2.16. The summed E-state index contributed by atoms with van der Waals surface area (Å²) >= 11 is 0. The Kier molecular flexibility index (Phi) is 4.96. The number of hydrogen-bond acceptors (Lipinski definition) is 1. The van der Waals surface area contributed by atoms with E-state index >= 15 is 0 Å². The predicted octanol–water partition coefficient (Wildman–Crippen LogP) is 3.62. The molecule has 0 aliphatic heterocycles. The number of halogens is 4. The molecule has 0 aromatic heterocycles. The largest absolute Gasteiger partial charge is 0.316 e. The van der Waals surface area contributed by atoms with E-state index in [9.17, 15) is 17.6 Å². The van der Waals surface area contributed by atoms with Crippen molar-refractivity contribution in [2.45, 2.75) is 18.9 Å². The number of hydrogen-bond donors (Lipinski definition) is 1. The van der Waals surface area contributed by atoms with Crippen LogP contribution < -0.4 is 5.32 Å². The van der Waals surface area contributed by atoms with Gasteiger partial charge in [-0.2, -0.15) is 0 Å². The van der Waals surface area contributed by atoms with Crippen molar-refractivity contribution in [3.63, 3.8) is 0 Å². The minimum absolute atomic E-state index is 0.245. The summed E-state index contributed by atoms with van der Waals surface area (Å²) in [4.78, 5) is 0. The molecule has 1 nitrogen and oxygen atoms in total. The van der Waals surface area contributed by atoms with Crippen LogP contribution in [0.1, 0.15) is 11.1 Å². The Labute approximate surface area is 120 Å². The van der Waals surface area contributed by atoms with Crippen molar-refractivity contribution in [3.8, 4) is 0 Å². The van der Waals surface area contributed by atoms with Crippen LogP contribution in [0, 0.1) is 23.3 Å². The Morgan fingerprint density at radius 3 is 1.57 bits per heavy atom. The molecule has 0 saturated heterocycles. The molecule has 0 radical (unpaired) electrons. The van der Waals surface area contributed by atoms with E-state index < -0.39 is 23.3 Å². The third-order valence-electron chi connectivity index (χ3n) is 3.37. The first-order valence-corrected chi connectivity index (χ1v) is 6.54. The van der Waals surface area contributed by atoms with Crippen LogP contribution >= 0.6 is 0 Å². The van der Waals surface area contributed by atoms with Crippen molar-refractivity contribution in [1.82, 2.24) is 5.32 Å². The number of likely N-dealkylation sites (N-methyl/N-ethyl adjacent to an activating group) is 1. The molecule has 0 aliphatic carbocycles. The van der Waals surface area contributed by atoms with Crippen molar-refractivity contribution in [2.24, 2.45) is 0 Å². The average molecular weight is 297 g/mol. The maximum absolute atomic E-state index is 13.6. The van der Waals surface area contributed by atoms with Gasteiger partial charge in [-0.1, -0.05) is 12.1 Å². The van der Waals surface area contributed by atoms with E-state index in [-0.39, 0.29) is 18.9 Å². The third kappa shape index (κ3) is 4.04. The van der Waals surface area contributed by atoms with Crippen LogP contribution in [-0.4, -0.2) is 13.1 Å². The summed E-state index contributed by atoms with van der Waals surface area (Å²) in [6.07, 6.45) is 0.554. The Morgan fingerprint density at radius 1 is 0.810 bits per heavy atom. The van der Waals surface area contributed by atoms with Gasteiger partial charge < -0.3 is 5.32 Å². The average Bonchev–Trinajstić information content (AvgIpc) is 2.43. The van der Waals surface area contributed by atoms with Crippen LogP contribution in [-0.2, 0) is 12.8 Å². The Bertz CT molecular complexity index is 574. The zero-order valence-electron chi connectivity index (χ0n) is 11.5. The number of rotatable bonds is 5. The second kappa shape index (κ2) is 6.72. The van der Waals surface area contributed by atoms with Gasteiger partial charge in [0.05, 0.1) is 0 Å². The van der Waals surface area contributed by atoms with E-state index in [0.29, 0.717) is 11.1 Å². The molecule has 0 spiro atoms. The van der Waals surface area contributed by atoms with E-state index in [1.807, 2.05) is 0 Å². The van der Waals surface area contributed by atoms with Gasteiger partial charge in [-0.05, 0) is 43.1 Å². The fraction of sp³-hybridized carbons (Fsp3) is 0.250. The standard InChI is InChI=1S/C16H15F4N/c1-21-14(6-10-2-4-12(17)8-15(10)19)7-11-3-5-13(18)9-16(11)20/h2-5,8-9,14,21H,6-7H2,1H3. The molecule has 0 saturated carbocycles. The summed E-state index contributed by atoms with van der Waals surface area (Å²) in [6.45, 7) is 0. The summed E-state index contributed by atoms with van der Waals surface area (Å²) in [6, 6.07) is 6.50. The van der Waals surface area contributed by atoms with E-state index in [4.69, 9.17) is 0 Å². The van der Waals surface area contributed by atoms with E-state index in [2.05, 4.69) is 5.32 Å². The molecular formula is C16H15F4N. The van der Waals surface area contributed by atoms with Crippen molar-refractivity contribution in [3.05, 3.63) is 70.8 Å². The normalized spacial score (nSPS) is 11.1. The number of benzene rings is 2. The SMILES string of the molecule is CNC(Cc1ccc(F)cc1F)Cc1ccc(F)cc1F.